The average molecular weight is 248 g/mol. The van der Waals surface area contributed by atoms with Crippen LogP contribution < -0.4 is 11.1 Å². The number of hydrogen-bond donors (Lipinski definition) is 3. The summed E-state index contributed by atoms with van der Waals surface area (Å²) in [6.07, 6.45) is 2.99. The van der Waals surface area contributed by atoms with E-state index >= 15 is 0 Å². The molecule has 1 fully saturated rings. The summed E-state index contributed by atoms with van der Waals surface area (Å²) in [5.74, 6) is 0.0868. The Morgan fingerprint density at radius 1 is 1.50 bits per heavy atom. The number of nitrogens with one attached hydrogen (secondary N) is 1. The molecule has 2 atom stereocenters. The number of benzene rings is 1. The van der Waals surface area contributed by atoms with Gasteiger partial charge in [0.2, 0.25) is 0 Å². The third-order valence-corrected chi connectivity index (χ3v) is 3.75. The lowest BCUT2D eigenvalue weighted by Crippen LogP contribution is -2.38. The van der Waals surface area contributed by atoms with Gasteiger partial charge in [0, 0.05) is 29.8 Å². The normalized spacial score (nSPS) is 23.0. The molecule has 4 N–H and O–H groups in total. The van der Waals surface area contributed by atoms with Gasteiger partial charge in [0.15, 0.2) is 0 Å². The van der Waals surface area contributed by atoms with E-state index in [0.29, 0.717) is 11.3 Å². The smallest absolute Gasteiger partial charge is 0.251 e. The first kappa shape index (κ1) is 12.9. The van der Waals surface area contributed by atoms with E-state index in [1.54, 1.807) is 12.1 Å². The number of anilines is 1. The van der Waals surface area contributed by atoms with Crippen LogP contribution in [0.1, 0.15) is 35.2 Å². The number of carbonyl (C=O) groups is 1. The quantitative estimate of drug-likeness (QED) is 0.709. The summed E-state index contributed by atoms with van der Waals surface area (Å²) in [6.45, 7) is 2.05. The third-order valence-electron chi connectivity index (χ3n) is 3.75. The molecular weight excluding hydrogens is 228 g/mol. The molecule has 1 aromatic rings. The van der Waals surface area contributed by atoms with Gasteiger partial charge in [-0.05, 0) is 37.5 Å². The molecule has 4 heteroatoms. The lowest BCUT2D eigenvalue weighted by molar-refractivity contribution is 0.0916. The Labute approximate surface area is 107 Å². The molecule has 0 aromatic heterocycles. The van der Waals surface area contributed by atoms with Crippen molar-refractivity contribution in [1.29, 1.82) is 0 Å². The number of rotatable bonds is 3. The van der Waals surface area contributed by atoms with Crippen molar-refractivity contribution in [2.75, 3.05) is 12.3 Å². The van der Waals surface area contributed by atoms with Crippen molar-refractivity contribution in [3.63, 3.8) is 0 Å². The lowest BCUT2D eigenvalue weighted by Gasteiger charge is -2.19. The molecule has 2 unspecified atom stereocenters. The highest BCUT2D eigenvalue weighted by Crippen LogP contribution is 2.25. The van der Waals surface area contributed by atoms with E-state index in [2.05, 4.69) is 5.32 Å². The molecule has 18 heavy (non-hydrogen) atoms. The van der Waals surface area contributed by atoms with Gasteiger partial charge in [0.1, 0.15) is 0 Å². The molecule has 0 saturated heterocycles. The molecule has 4 nitrogen and oxygen atoms in total. The van der Waals surface area contributed by atoms with Crippen molar-refractivity contribution in [2.24, 2.45) is 5.92 Å². The zero-order valence-corrected chi connectivity index (χ0v) is 10.6. The molecule has 1 aromatic carbocycles. The second-order valence-electron chi connectivity index (χ2n) is 5.02. The molecule has 0 radical (unpaired) electrons. The van der Waals surface area contributed by atoms with Crippen LogP contribution in [0.3, 0.4) is 0 Å². The van der Waals surface area contributed by atoms with Crippen molar-refractivity contribution in [1.82, 2.24) is 5.32 Å². The first-order valence-electron chi connectivity index (χ1n) is 6.39. The number of carbonyl (C=O) groups excluding carboxylic acids is 1. The van der Waals surface area contributed by atoms with Gasteiger partial charge in [0.05, 0.1) is 0 Å². The predicted octanol–water partition coefficient (Wildman–Crippen LogP) is 1.47. The van der Waals surface area contributed by atoms with Gasteiger partial charge in [-0.25, -0.2) is 0 Å². The molecule has 1 saturated carbocycles. The first-order chi connectivity index (χ1) is 8.61. The number of nitrogens with two attached hydrogens (primary N) is 1. The van der Waals surface area contributed by atoms with Crippen molar-refractivity contribution >= 4 is 11.6 Å². The molecule has 0 spiro atoms. The Hall–Kier alpha value is -1.55. The predicted molar refractivity (Wildman–Crippen MR) is 71.3 cm³/mol. The molecule has 2 rings (SSSR count). The number of amides is 1. The fourth-order valence-corrected chi connectivity index (χ4v) is 2.48. The summed E-state index contributed by atoms with van der Waals surface area (Å²) in [5.41, 5.74) is 7.99. The van der Waals surface area contributed by atoms with Crippen LogP contribution in [0.4, 0.5) is 5.69 Å². The maximum Gasteiger partial charge on any atom is 0.251 e. The Balaban J connectivity index is 2.05. The van der Waals surface area contributed by atoms with Gasteiger partial charge in [-0.1, -0.05) is 12.5 Å². The average Bonchev–Trinajstić information content (AvgIpc) is 2.79. The molecular formula is C14H20N2O2. The molecule has 98 valence electrons. The number of nitrogen functional groups attached to an aromatic ring is 1. The lowest BCUT2D eigenvalue weighted by atomic mass is 10.0. The maximum atomic E-state index is 12.1. The van der Waals surface area contributed by atoms with E-state index in [1.807, 2.05) is 13.0 Å². The summed E-state index contributed by atoms with van der Waals surface area (Å²) in [6, 6.07) is 5.42. The number of aliphatic hydroxyl groups excluding tert-OH is 1. The first-order valence-corrected chi connectivity index (χ1v) is 6.39. The number of aliphatic hydroxyl groups is 1. The van der Waals surface area contributed by atoms with E-state index < -0.39 is 0 Å². The topological polar surface area (TPSA) is 75.3 Å². The van der Waals surface area contributed by atoms with Gasteiger partial charge < -0.3 is 16.2 Å². The zero-order chi connectivity index (χ0) is 13.1. The van der Waals surface area contributed by atoms with Crippen LogP contribution in [0, 0.1) is 12.8 Å². The summed E-state index contributed by atoms with van der Waals surface area (Å²) in [4.78, 5) is 12.1. The monoisotopic (exact) mass is 248 g/mol. The zero-order valence-electron chi connectivity index (χ0n) is 10.6. The minimum absolute atomic E-state index is 0.0880. The van der Waals surface area contributed by atoms with Gasteiger partial charge in [0.25, 0.3) is 5.91 Å². The largest absolute Gasteiger partial charge is 0.398 e. The van der Waals surface area contributed by atoms with E-state index in [1.165, 1.54) is 0 Å². The Bertz CT molecular complexity index is 445. The Morgan fingerprint density at radius 2 is 2.28 bits per heavy atom. The Morgan fingerprint density at radius 3 is 2.94 bits per heavy atom. The fourth-order valence-electron chi connectivity index (χ4n) is 2.48. The summed E-state index contributed by atoms with van der Waals surface area (Å²) < 4.78 is 0. The molecule has 1 aliphatic rings. The Kier molecular flexibility index (Phi) is 3.87. The van der Waals surface area contributed by atoms with E-state index in [4.69, 9.17) is 5.73 Å². The van der Waals surface area contributed by atoms with Crippen LogP contribution in [0.2, 0.25) is 0 Å². The number of aryl methyl sites for hydroxylation is 1. The van der Waals surface area contributed by atoms with Crippen LogP contribution in [0.25, 0.3) is 0 Å². The number of hydrogen-bond acceptors (Lipinski definition) is 3. The standard InChI is InChI=1S/C14H20N2O2/c1-9-5-6-10(7-12(9)15)14(18)16-13-4-2-3-11(13)8-17/h5-7,11,13,17H,2-4,8,15H2,1H3,(H,16,18). The van der Waals surface area contributed by atoms with Crippen molar-refractivity contribution in [2.45, 2.75) is 32.2 Å². The van der Waals surface area contributed by atoms with Gasteiger partial charge >= 0.3 is 0 Å². The van der Waals surface area contributed by atoms with Gasteiger partial charge in [-0.2, -0.15) is 0 Å². The highest BCUT2D eigenvalue weighted by atomic mass is 16.3. The van der Waals surface area contributed by atoms with E-state index in [0.717, 1.165) is 24.8 Å². The van der Waals surface area contributed by atoms with Crippen molar-refractivity contribution in [3.8, 4) is 0 Å². The van der Waals surface area contributed by atoms with Crippen LogP contribution >= 0.6 is 0 Å². The van der Waals surface area contributed by atoms with Crippen LogP contribution in [-0.4, -0.2) is 23.7 Å². The highest BCUT2D eigenvalue weighted by molar-refractivity contribution is 5.95. The highest BCUT2D eigenvalue weighted by Gasteiger charge is 2.28. The maximum absolute atomic E-state index is 12.1. The molecule has 0 heterocycles. The van der Waals surface area contributed by atoms with Crippen LogP contribution in [-0.2, 0) is 0 Å². The molecule has 1 amide bonds. The second kappa shape index (κ2) is 5.40. The molecule has 0 bridgehead atoms. The SMILES string of the molecule is Cc1ccc(C(=O)NC2CCCC2CO)cc1N. The molecule has 0 aliphatic heterocycles. The van der Waals surface area contributed by atoms with E-state index in [-0.39, 0.29) is 24.5 Å². The summed E-state index contributed by atoms with van der Waals surface area (Å²) in [7, 11) is 0. The van der Waals surface area contributed by atoms with Crippen LogP contribution in [0.15, 0.2) is 18.2 Å². The van der Waals surface area contributed by atoms with Crippen molar-refractivity contribution in [3.05, 3.63) is 29.3 Å². The fraction of sp³-hybridized carbons (Fsp3) is 0.500. The van der Waals surface area contributed by atoms with Gasteiger partial charge in [-0.15, -0.1) is 0 Å². The molecule has 1 aliphatic carbocycles. The van der Waals surface area contributed by atoms with Gasteiger partial charge in [-0.3, -0.25) is 4.79 Å². The van der Waals surface area contributed by atoms with E-state index in [9.17, 15) is 9.90 Å². The third kappa shape index (κ3) is 2.64. The second-order valence-corrected chi connectivity index (χ2v) is 5.02. The minimum atomic E-state index is -0.105. The van der Waals surface area contributed by atoms with Crippen LogP contribution in [0.5, 0.6) is 0 Å². The minimum Gasteiger partial charge on any atom is -0.398 e. The summed E-state index contributed by atoms with van der Waals surface area (Å²) in [5, 5.41) is 12.2. The van der Waals surface area contributed by atoms with Crippen molar-refractivity contribution < 1.29 is 9.90 Å². The summed E-state index contributed by atoms with van der Waals surface area (Å²) >= 11 is 0.